The summed E-state index contributed by atoms with van der Waals surface area (Å²) in [7, 11) is 0. The van der Waals surface area contributed by atoms with E-state index in [9.17, 15) is 58.8 Å². The second-order valence-corrected chi connectivity index (χ2v) is 13.1. The summed E-state index contributed by atoms with van der Waals surface area (Å²) in [6.07, 6.45) is -4.89. The third-order valence-corrected chi connectivity index (χ3v) is 7.78. The Morgan fingerprint density at radius 3 is 0.926 bits per heavy atom. The first kappa shape index (κ1) is 47.1. The number of nitrogens with one attached hydrogen (secondary N) is 3. The number of hydrogen-bond acceptors (Lipinski definition) is 15. The van der Waals surface area contributed by atoms with Gasteiger partial charge in [0.1, 0.15) is 36.4 Å². The quantitative estimate of drug-likeness (QED) is 0.119. The van der Waals surface area contributed by atoms with E-state index >= 15 is 0 Å². The highest BCUT2D eigenvalue weighted by Gasteiger charge is 2.29. The van der Waals surface area contributed by atoms with Crippen molar-refractivity contribution in [2.45, 2.75) is 136 Å². The van der Waals surface area contributed by atoms with Gasteiger partial charge >= 0.3 is 17.9 Å². The van der Waals surface area contributed by atoms with Crippen LogP contribution in [0.5, 0.6) is 0 Å². The minimum atomic E-state index is -1.22. The molecule has 306 valence electrons. The zero-order valence-electron chi connectivity index (χ0n) is 31.5. The molecule has 1 aliphatic heterocycles. The summed E-state index contributed by atoms with van der Waals surface area (Å²) in [6, 6.07) is -3.66. The molecular weight excluding hydrogens is 720 g/mol. The van der Waals surface area contributed by atoms with Crippen molar-refractivity contribution in [2.75, 3.05) is 19.6 Å². The fourth-order valence-electron chi connectivity index (χ4n) is 5.21. The maximum Gasteiger partial charge on any atom is 0.328 e. The van der Waals surface area contributed by atoms with Crippen molar-refractivity contribution >= 4 is 53.4 Å². The predicted molar refractivity (Wildman–Crippen MR) is 182 cm³/mol. The molecule has 21 nitrogen and oxygen atoms in total. The fraction of sp³-hybridized carbons (Fsp3) is 0.727. The van der Waals surface area contributed by atoms with Gasteiger partial charge in [-0.25, -0.2) is 29.6 Å². The van der Waals surface area contributed by atoms with E-state index in [-0.39, 0.29) is 58.2 Å². The van der Waals surface area contributed by atoms with Gasteiger partial charge in [0.25, 0.3) is 0 Å². The van der Waals surface area contributed by atoms with Crippen molar-refractivity contribution in [2.24, 2.45) is 0 Å². The van der Waals surface area contributed by atoms with E-state index in [4.69, 9.17) is 14.2 Å². The number of cyclic esters (lactones) is 3. The topological polar surface area (TPSA) is 288 Å². The molecule has 6 amide bonds. The van der Waals surface area contributed by atoms with E-state index in [2.05, 4.69) is 16.0 Å². The number of ether oxygens (including phenoxy) is 3. The summed E-state index contributed by atoms with van der Waals surface area (Å²) in [5.74, 6) is -7.02. The first-order chi connectivity index (χ1) is 25.2. The highest BCUT2D eigenvalue weighted by Crippen LogP contribution is 2.13. The zero-order chi connectivity index (χ0) is 41.1. The second-order valence-electron chi connectivity index (χ2n) is 13.1. The predicted octanol–water partition coefficient (Wildman–Crippen LogP) is -0.526. The third-order valence-electron chi connectivity index (χ3n) is 7.78. The van der Waals surface area contributed by atoms with Crippen molar-refractivity contribution in [1.82, 2.24) is 31.1 Å². The van der Waals surface area contributed by atoms with Gasteiger partial charge in [0.05, 0.1) is 19.3 Å². The van der Waals surface area contributed by atoms with Crippen molar-refractivity contribution in [3.8, 4) is 0 Å². The van der Waals surface area contributed by atoms with Crippen molar-refractivity contribution in [1.29, 1.82) is 0 Å². The molecule has 1 rings (SSSR count). The molecule has 1 fully saturated rings. The first-order valence-electron chi connectivity index (χ1n) is 17.6. The summed E-state index contributed by atoms with van der Waals surface area (Å²) in [6.45, 7) is 6.73. The SMILES string of the molecule is CC(=O)N[C@@H]1CCCN(O)C(=O)C[C@@H](C)OC(=O)[C@H](NC(C)=O)CCCN(O)C(=O)C[C@@H](C)OC(=O)[C@H](NC(C)=O)CCCN(O)C(=O)C[C@@H](C)OC1=O. The van der Waals surface area contributed by atoms with Gasteiger partial charge in [-0.2, -0.15) is 0 Å². The highest BCUT2D eigenvalue weighted by molar-refractivity contribution is 5.85. The molecule has 54 heavy (non-hydrogen) atoms. The van der Waals surface area contributed by atoms with Gasteiger partial charge in [0.2, 0.25) is 35.4 Å². The molecule has 6 atom stereocenters. The molecule has 1 saturated heterocycles. The molecule has 0 aromatic carbocycles. The normalized spacial score (nSPS) is 26.5. The van der Waals surface area contributed by atoms with Gasteiger partial charge in [-0.15, -0.1) is 0 Å². The molecule has 0 saturated carbocycles. The van der Waals surface area contributed by atoms with Gasteiger partial charge in [-0.3, -0.25) is 44.4 Å². The number of rotatable bonds is 3. The molecule has 0 bridgehead atoms. The van der Waals surface area contributed by atoms with Gasteiger partial charge in [-0.1, -0.05) is 0 Å². The Kier molecular flexibility index (Phi) is 20.7. The fourth-order valence-corrected chi connectivity index (χ4v) is 5.21. The lowest BCUT2D eigenvalue weighted by Gasteiger charge is -2.24. The van der Waals surface area contributed by atoms with E-state index in [0.717, 1.165) is 20.8 Å². The van der Waals surface area contributed by atoms with Crippen LogP contribution in [0.15, 0.2) is 0 Å². The van der Waals surface area contributed by atoms with Crippen LogP contribution in [0.3, 0.4) is 0 Å². The van der Waals surface area contributed by atoms with Crippen LogP contribution in [0, 0.1) is 0 Å². The van der Waals surface area contributed by atoms with Gasteiger partial charge in [0.15, 0.2) is 0 Å². The van der Waals surface area contributed by atoms with Crippen molar-refractivity contribution in [3.63, 3.8) is 0 Å². The monoisotopic (exact) mass is 774 g/mol. The number of amides is 6. The van der Waals surface area contributed by atoms with Gasteiger partial charge in [0, 0.05) is 40.4 Å². The average molecular weight is 775 g/mol. The number of nitrogens with zero attached hydrogens (tertiary/aromatic N) is 3. The average Bonchev–Trinajstić information content (AvgIpc) is 3.05. The van der Waals surface area contributed by atoms with Crippen LogP contribution in [-0.2, 0) is 57.4 Å². The van der Waals surface area contributed by atoms with E-state index in [1.165, 1.54) is 20.8 Å². The smallest absolute Gasteiger partial charge is 0.328 e. The van der Waals surface area contributed by atoms with Crippen LogP contribution in [0.25, 0.3) is 0 Å². The van der Waals surface area contributed by atoms with Crippen LogP contribution < -0.4 is 16.0 Å². The molecule has 1 heterocycles. The van der Waals surface area contributed by atoms with E-state index in [0.29, 0.717) is 15.2 Å². The van der Waals surface area contributed by atoms with Crippen LogP contribution >= 0.6 is 0 Å². The molecule has 0 unspecified atom stereocenters. The number of esters is 3. The molecule has 6 N–H and O–H groups in total. The number of carbonyl (C=O) groups is 9. The van der Waals surface area contributed by atoms with Gasteiger partial charge < -0.3 is 30.2 Å². The summed E-state index contributed by atoms with van der Waals surface area (Å²) in [4.78, 5) is 112. The Morgan fingerprint density at radius 2 is 0.722 bits per heavy atom. The Bertz CT molecular complexity index is 1190. The van der Waals surface area contributed by atoms with Crippen LogP contribution in [0.2, 0.25) is 0 Å². The lowest BCUT2D eigenvalue weighted by atomic mass is 10.1. The molecular formula is C33H54N6O15. The van der Waals surface area contributed by atoms with Gasteiger partial charge in [-0.05, 0) is 59.3 Å². The zero-order valence-corrected chi connectivity index (χ0v) is 31.5. The molecule has 0 aromatic heterocycles. The molecule has 0 aromatic rings. The first-order valence-corrected chi connectivity index (χ1v) is 17.6. The number of hydroxylamine groups is 6. The summed E-state index contributed by atoms with van der Waals surface area (Å²) in [5.41, 5.74) is 0. The van der Waals surface area contributed by atoms with E-state index in [1.807, 2.05) is 0 Å². The molecule has 0 radical (unpaired) electrons. The van der Waals surface area contributed by atoms with Crippen LogP contribution in [0.1, 0.15) is 99.3 Å². The van der Waals surface area contributed by atoms with E-state index < -0.39 is 109 Å². The van der Waals surface area contributed by atoms with E-state index in [1.54, 1.807) is 0 Å². The number of carbonyl (C=O) groups excluding carboxylic acids is 9. The number of hydrogen-bond donors (Lipinski definition) is 6. The summed E-state index contributed by atoms with van der Waals surface area (Å²) >= 11 is 0. The van der Waals surface area contributed by atoms with Crippen molar-refractivity contribution in [3.05, 3.63) is 0 Å². The third kappa shape index (κ3) is 18.7. The Morgan fingerprint density at radius 1 is 0.500 bits per heavy atom. The van der Waals surface area contributed by atoms with Crippen LogP contribution in [-0.4, -0.2) is 140 Å². The minimum absolute atomic E-state index is 0.00486. The lowest BCUT2D eigenvalue weighted by molar-refractivity contribution is -0.170. The minimum Gasteiger partial charge on any atom is -0.461 e. The lowest BCUT2D eigenvalue weighted by Crippen LogP contribution is -2.44. The molecule has 21 heteroatoms. The van der Waals surface area contributed by atoms with Crippen molar-refractivity contribution < 1.29 is 73.0 Å². The molecule has 1 aliphatic rings. The molecule has 0 aliphatic carbocycles. The summed E-state index contributed by atoms with van der Waals surface area (Å²) < 4.78 is 15.9. The largest absolute Gasteiger partial charge is 0.461 e. The maximum atomic E-state index is 12.9. The second kappa shape index (κ2) is 23.7. The van der Waals surface area contributed by atoms with Crippen LogP contribution in [0.4, 0.5) is 0 Å². The maximum absolute atomic E-state index is 12.9. The molecule has 0 spiro atoms. The standard InChI is InChI=1S/C33H54N6O15/c1-19-16-28(43)37(49)13-8-11-26(35-23(5)41)32(47)53-21(3)18-30(45)39(51)15-9-12-27(36-24(6)42)33(48)54-20(2)17-29(44)38(50)14-7-10-25(31(46)52-19)34-22(4)40/h19-21,25-27,49-51H,7-18H2,1-6H3,(H,34,40)(H,35,41)(H,36,42)/t19-,20-,21-,25-,26-,27-/m1/s1. The highest BCUT2D eigenvalue weighted by atomic mass is 16.6. The Balaban J connectivity index is 3.18. The Hall–Kier alpha value is -4.89. The summed E-state index contributed by atoms with van der Waals surface area (Å²) in [5, 5.41) is 39.2. The Labute approximate surface area is 312 Å².